The second-order valence-electron chi connectivity index (χ2n) is 7.72. The second-order valence-corrected chi connectivity index (χ2v) is 7.72. The van der Waals surface area contributed by atoms with Crippen molar-refractivity contribution in [3.63, 3.8) is 0 Å². The Bertz CT molecular complexity index is 812. The third kappa shape index (κ3) is 3.94. The molecule has 1 aromatic carbocycles. The second kappa shape index (κ2) is 7.86. The monoisotopic (exact) mass is 371 g/mol. The van der Waals surface area contributed by atoms with Crippen LogP contribution in [0.3, 0.4) is 0 Å². The summed E-state index contributed by atoms with van der Waals surface area (Å²) in [4.78, 5) is 21.7. The number of fused-ring (bicyclic) bond motifs is 1. The fourth-order valence-corrected chi connectivity index (χ4v) is 4.15. The number of carbonyl (C=O) groups excluding carboxylic acids is 1. The molecule has 7 heteroatoms. The number of hydrogen-bond donors (Lipinski definition) is 2. The van der Waals surface area contributed by atoms with Gasteiger partial charge in [0.2, 0.25) is 5.95 Å². The fraction of sp³-hybridized carbons (Fsp3) is 0.600. The number of anilines is 1. The molecule has 2 N–H and O–H groups in total. The van der Waals surface area contributed by atoms with Crippen LogP contribution in [0.25, 0.3) is 11.0 Å². The first-order valence-electron chi connectivity index (χ1n) is 10.0. The van der Waals surface area contributed by atoms with E-state index in [1.54, 1.807) is 0 Å². The molecule has 1 atom stereocenters. The SMILES string of the molecule is Cn1c(N2CC[C@H](O)C2)nc2cc(C(=O)NCCN3CCCCC3)ccc21. The number of nitrogens with one attached hydrogen (secondary N) is 1. The number of nitrogens with zero attached hydrogens (tertiary/aromatic N) is 4. The van der Waals surface area contributed by atoms with E-state index in [-0.39, 0.29) is 12.0 Å². The van der Waals surface area contributed by atoms with E-state index in [0.29, 0.717) is 18.7 Å². The summed E-state index contributed by atoms with van der Waals surface area (Å²) in [6.45, 7) is 5.30. The maximum absolute atomic E-state index is 12.5. The Morgan fingerprint density at radius 3 is 2.81 bits per heavy atom. The molecule has 2 aliphatic heterocycles. The number of aliphatic hydroxyl groups excluding tert-OH is 1. The predicted molar refractivity (Wildman–Crippen MR) is 106 cm³/mol. The average molecular weight is 371 g/mol. The molecule has 1 aromatic heterocycles. The summed E-state index contributed by atoms with van der Waals surface area (Å²) in [7, 11) is 1.98. The molecule has 7 nitrogen and oxygen atoms in total. The summed E-state index contributed by atoms with van der Waals surface area (Å²) < 4.78 is 2.03. The summed E-state index contributed by atoms with van der Waals surface area (Å²) in [6.07, 6.45) is 4.34. The molecule has 146 valence electrons. The molecule has 27 heavy (non-hydrogen) atoms. The molecule has 2 aromatic rings. The molecule has 0 spiro atoms. The van der Waals surface area contributed by atoms with Gasteiger partial charge in [-0.2, -0.15) is 0 Å². The molecule has 0 bridgehead atoms. The number of amides is 1. The molecule has 0 aliphatic carbocycles. The van der Waals surface area contributed by atoms with E-state index in [2.05, 4.69) is 15.1 Å². The van der Waals surface area contributed by atoms with Crippen molar-refractivity contribution in [1.29, 1.82) is 0 Å². The first kappa shape index (κ1) is 18.3. The standard InChI is InChI=1S/C20H29N5O2/c1-23-18-6-5-15(19(27)21-8-12-24-9-3-2-4-10-24)13-17(18)22-20(23)25-11-7-16(26)14-25/h5-6,13,16,26H,2-4,7-12,14H2,1H3,(H,21,27)/t16-/m0/s1. The third-order valence-electron chi connectivity index (χ3n) is 5.73. The minimum absolute atomic E-state index is 0.0438. The summed E-state index contributed by atoms with van der Waals surface area (Å²) in [5.41, 5.74) is 2.46. The van der Waals surface area contributed by atoms with Crippen LogP contribution in [0.1, 0.15) is 36.0 Å². The molecular formula is C20H29N5O2. The number of hydrogen-bond acceptors (Lipinski definition) is 5. The number of aliphatic hydroxyl groups is 1. The molecule has 0 unspecified atom stereocenters. The number of β-amino-alcohol motifs (C(OH)–C–C–N with tert-alkyl or cyclic N) is 1. The van der Waals surface area contributed by atoms with E-state index in [0.717, 1.165) is 49.6 Å². The molecular weight excluding hydrogens is 342 g/mol. The Labute approximate surface area is 160 Å². The Balaban J connectivity index is 1.42. The van der Waals surface area contributed by atoms with E-state index in [1.807, 2.05) is 29.8 Å². The van der Waals surface area contributed by atoms with Crippen LogP contribution in [-0.4, -0.2) is 70.8 Å². The zero-order valence-corrected chi connectivity index (χ0v) is 16.0. The fourth-order valence-electron chi connectivity index (χ4n) is 4.15. The van der Waals surface area contributed by atoms with E-state index < -0.39 is 0 Å². The maximum atomic E-state index is 12.5. The summed E-state index contributed by atoms with van der Waals surface area (Å²) in [5.74, 6) is 0.807. The van der Waals surface area contributed by atoms with Crippen LogP contribution in [0.4, 0.5) is 5.95 Å². The van der Waals surface area contributed by atoms with Crippen molar-refractivity contribution >= 4 is 22.9 Å². The molecule has 0 saturated carbocycles. The van der Waals surface area contributed by atoms with Crippen molar-refractivity contribution in [2.75, 3.05) is 44.2 Å². The van der Waals surface area contributed by atoms with Crippen LogP contribution in [0, 0.1) is 0 Å². The molecule has 0 radical (unpaired) electrons. The highest BCUT2D eigenvalue weighted by Gasteiger charge is 2.24. The van der Waals surface area contributed by atoms with E-state index in [4.69, 9.17) is 4.98 Å². The molecule has 4 rings (SSSR count). The summed E-state index contributed by atoms with van der Waals surface area (Å²) in [5, 5.41) is 12.8. The van der Waals surface area contributed by atoms with Gasteiger partial charge in [-0.1, -0.05) is 6.42 Å². The van der Waals surface area contributed by atoms with Crippen molar-refractivity contribution in [1.82, 2.24) is 19.8 Å². The van der Waals surface area contributed by atoms with Crippen LogP contribution in [0.2, 0.25) is 0 Å². The normalized spacial score (nSPS) is 21.1. The van der Waals surface area contributed by atoms with E-state index in [1.165, 1.54) is 19.3 Å². The van der Waals surface area contributed by atoms with Gasteiger partial charge in [0.25, 0.3) is 5.91 Å². The highest BCUT2D eigenvalue weighted by molar-refractivity contribution is 5.97. The average Bonchev–Trinajstić information content (AvgIpc) is 3.25. The molecule has 2 fully saturated rings. The topological polar surface area (TPSA) is 73.6 Å². The highest BCUT2D eigenvalue weighted by atomic mass is 16.3. The van der Waals surface area contributed by atoms with Gasteiger partial charge in [-0.15, -0.1) is 0 Å². The quantitative estimate of drug-likeness (QED) is 0.830. The number of piperidine rings is 1. The molecule has 2 saturated heterocycles. The number of aromatic nitrogens is 2. The lowest BCUT2D eigenvalue weighted by atomic mass is 10.1. The Morgan fingerprint density at radius 2 is 2.07 bits per heavy atom. The number of likely N-dealkylation sites (tertiary alicyclic amines) is 1. The van der Waals surface area contributed by atoms with Gasteiger partial charge in [0.15, 0.2) is 0 Å². The lowest BCUT2D eigenvalue weighted by Gasteiger charge is -2.26. The third-order valence-corrected chi connectivity index (χ3v) is 5.73. The zero-order chi connectivity index (χ0) is 18.8. The van der Waals surface area contributed by atoms with Crippen LogP contribution in [0.5, 0.6) is 0 Å². The van der Waals surface area contributed by atoms with Gasteiger partial charge in [-0.05, 0) is 50.6 Å². The number of rotatable bonds is 5. The number of carbonyl (C=O) groups is 1. The van der Waals surface area contributed by atoms with Crippen LogP contribution >= 0.6 is 0 Å². The van der Waals surface area contributed by atoms with Crippen LogP contribution in [0.15, 0.2) is 18.2 Å². The maximum Gasteiger partial charge on any atom is 0.251 e. The van der Waals surface area contributed by atoms with E-state index >= 15 is 0 Å². The van der Waals surface area contributed by atoms with Gasteiger partial charge < -0.3 is 24.8 Å². The largest absolute Gasteiger partial charge is 0.391 e. The molecule has 3 heterocycles. The highest BCUT2D eigenvalue weighted by Crippen LogP contribution is 2.25. The first-order chi connectivity index (χ1) is 13.1. The van der Waals surface area contributed by atoms with Crippen molar-refractivity contribution in [3.8, 4) is 0 Å². The Kier molecular flexibility index (Phi) is 5.31. The minimum Gasteiger partial charge on any atom is -0.391 e. The van der Waals surface area contributed by atoms with Gasteiger partial charge in [-0.3, -0.25) is 4.79 Å². The Morgan fingerprint density at radius 1 is 1.26 bits per heavy atom. The van der Waals surface area contributed by atoms with Crippen molar-refractivity contribution in [2.24, 2.45) is 7.05 Å². The van der Waals surface area contributed by atoms with Gasteiger partial charge in [0, 0.05) is 38.8 Å². The smallest absolute Gasteiger partial charge is 0.251 e. The van der Waals surface area contributed by atoms with Gasteiger partial charge in [-0.25, -0.2) is 4.98 Å². The summed E-state index contributed by atoms with van der Waals surface area (Å²) in [6, 6.07) is 5.68. The van der Waals surface area contributed by atoms with Gasteiger partial charge >= 0.3 is 0 Å². The van der Waals surface area contributed by atoms with Crippen molar-refractivity contribution in [2.45, 2.75) is 31.8 Å². The number of aryl methyl sites for hydroxylation is 1. The summed E-state index contributed by atoms with van der Waals surface area (Å²) >= 11 is 0. The van der Waals surface area contributed by atoms with Crippen molar-refractivity contribution in [3.05, 3.63) is 23.8 Å². The van der Waals surface area contributed by atoms with Crippen molar-refractivity contribution < 1.29 is 9.90 Å². The number of benzene rings is 1. The van der Waals surface area contributed by atoms with Gasteiger partial charge in [0.1, 0.15) is 0 Å². The minimum atomic E-state index is -0.286. The lowest BCUT2D eigenvalue weighted by molar-refractivity contribution is 0.0946. The van der Waals surface area contributed by atoms with Crippen LogP contribution < -0.4 is 10.2 Å². The Hall–Kier alpha value is -2.12. The molecule has 1 amide bonds. The van der Waals surface area contributed by atoms with Gasteiger partial charge in [0.05, 0.1) is 17.1 Å². The molecule has 2 aliphatic rings. The first-order valence-corrected chi connectivity index (χ1v) is 10.0. The lowest BCUT2D eigenvalue weighted by Crippen LogP contribution is -2.37. The number of imidazole rings is 1. The predicted octanol–water partition coefficient (Wildman–Crippen LogP) is 1.36. The van der Waals surface area contributed by atoms with E-state index in [9.17, 15) is 9.90 Å². The zero-order valence-electron chi connectivity index (χ0n) is 16.0. The van der Waals surface area contributed by atoms with Crippen LogP contribution in [-0.2, 0) is 7.05 Å².